The van der Waals surface area contributed by atoms with E-state index in [9.17, 15) is 14.7 Å². The highest BCUT2D eigenvalue weighted by Gasteiger charge is 2.32. The van der Waals surface area contributed by atoms with E-state index < -0.39 is 11.5 Å². The molecule has 0 saturated carbocycles. The van der Waals surface area contributed by atoms with E-state index in [0.29, 0.717) is 5.69 Å². The van der Waals surface area contributed by atoms with E-state index in [1.165, 1.54) is 0 Å². The molecule has 1 heterocycles. The van der Waals surface area contributed by atoms with Crippen LogP contribution in [0.4, 0.5) is 5.69 Å². The molecule has 2 atom stereocenters. The Morgan fingerprint density at radius 2 is 2.14 bits per heavy atom. The van der Waals surface area contributed by atoms with Crippen molar-refractivity contribution in [2.24, 2.45) is 5.92 Å². The topological polar surface area (TPSA) is 78.4 Å². The number of hydrogen-bond donors (Lipinski definition) is 3. The van der Waals surface area contributed by atoms with Crippen molar-refractivity contribution in [2.45, 2.75) is 38.7 Å². The summed E-state index contributed by atoms with van der Waals surface area (Å²) in [5.41, 5.74) is 0.537. The van der Waals surface area contributed by atoms with E-state index in [1.807, 2.05) is 32.0 Å². The third kappa shape index (κ3) is 3.42. The molecule has 5 heteroatoms. The van der Waals surface area contributed by atoms with Crippen molar-refractivity contribution in [1.82, 2.24) is 5.32 Å². The van der Waals surface area contributed by atoms with Crippen LogP contribution in [0, 0.1) is 5.92 Å². The van der Waals surface area contributed by atoms with Gasteiger partial charge in [0.2, 0.25) is 11.8 Å². The van der Waals surface area contributed by atoms with E-state index in [-0.39, 0.29) is 30.7 Å². The molecule has 1 aliphatic rings. The molecule has 0 bridgehead atoms. The van der Waals surface area contributed by atoms with Crippen LogP contribution in [0.15, 0.2) is 24.3 Å². The monoisotopic (exact) mass is 290 g/mol. The van der Waals surface area contributed by atoms with Gasteiger partial charge in [-0.25, -0.2) is 0 Å². The molecule has 21 heavy (non-hydrogen) atoms. The fourth-order valence-electron chi connectivity index (χ4n) is 2.24. The number of para-hydroxylation sites is 1. The molecular weight excluding hydrogens is 268 g/mol. The van der Waals surface area contributed by atoms with Gasteiger partial charge in [0.1, 0.15) is 0 Å². The number of benzene rings is 1. The van der Waals surface area contributed by atoms with E-state index in [0.717, 1.165) is 5.56 Å². The first-order valence-electron chi connectivity index (χ1n) is 7.20. The van der Waals surface area contributed by atoms with Gasteiger partial charge in [0.05, 0.1) is 11.5 Å². The number of hydrogen-bond acceptors (Lipinski definition) is 3. The van der Waals surface area contributed by atoms with Crippen LogP contribution in [0.2, 0.25) is 0 Å². The van der Waals surface area contributed by atoms with Gasteiger partial charge >= 0.3 is 0 Å². The Bertz CT molecular complexity index is 552. The Morgan fingerprint density at radius 1 is 1.48 bits per heavy atom. The number of carbonyl (C=O) groups is 2. The Labute approximate surface area is 124 Å². The Balaban J connectivity index is 2.11. The summed E-state index contributed by atoms with van der Waals surface area (Å²) >= 11 is 0. The molecule has 0 spiro atoms. The molecule has 0 aliphatic carbocycles. The number of rotatable bonds is 4. The highest BCUT2D eigenvalue weighted by Crippen LogP contribution is 2.32. The quantitative estimate of drug-likeness (QED) is 0.788. The molecule has 114 valence electrons. The van der Waals surface area contributed by atoms with Crippen LogP contribution in [-0.2, 0) is 9.59 Å². The number of aliphatic hydroxyl groups is 1. The zero-order chi connectivity index (χ0) is 15.6. The molecule has 2 unspecified atom stereocenters. The summed E-state index contributed by atoms with van der Waals surface area (Å²) < 4.78 is 0. The first-order valence-corrected chi connectivity index (χ1v) is 7.20. The van der Waals surface area contributed by atoms with E-state index in [1.54, 1.807) is 13.0 Å². The summed E-state index contributed by atoms with van der Waals surface area (Å²) in [6, 6.07) is 7.31. The van der Waals surface area contributed by atoms with Gasteiger partial charge in [0.25, 0.3) is 0 Å². The van der Waals surface area contributed by atoms with Crippen molar-refractivity contribution < 1.29 is 14.7 Å². The van der Waals surface area contributed by atoms with Gasteiger partial charge in [-0.3, -0.25) is 9.59 Å². The molecule has 3 N–H and O–H groups in total. The lowest BCUT2D eigenvalue weighted by molar-refractivity contribution is -0.127. The van der Waals surface area contributed by atoms with Gasteiger partial charge in [-0.2, -0.15) is 0 Å². The van der Waals surface area contributed by atoms with Gasteiger partial charge < -0.3 is 15.7 Å². The number of amides is 2. The van der Waals surface area contributed by atoms with Crippen molar-refractivity contribution in [2.75, 3.05) is 11.9 Å². The second kappa shape index (κ2) is 5.85. The first kappa shape index (κ1) is 15.5. The van der Waals surface area contributed by atoms with Gasteiger partial charge in [-0.15, -0.1) is 0 Å². The smallest absolute Gasteiger partial charge is 0.228 e. The minimum absolute atomic E-state index is 0.0275. The second-order valence-corrected chi connectivity index (χ2v) is 6.12. The fourth-order valence-corrected chi connectivity index (χ4v) is 2.24. The summed E-state index contributed by atoms with van der Waals surface area (Å²) in [4.78, 5) is 24.1. The minimum atomic E-state index is -0.966. The maximum absolute atomic E-state index is 12.4. The highest BCUT2D eigenvalue weighted by molar-refractivity contribution is 6.01. The lowest BCUT2D eigenvalue weighted by Gasteiger charge is -2.30. The van der Waals surface area contributed by atoms with E-state index in [2.05, 4.69) is 10.6 Å². The summed E-state index contributed by atoms with van der Waals surface area (Å²) in [6.45, 7) is 5.66. The molecule has 2 rings (SSSR count). The summed E-state index contributed by atoms with van der Waals surface area (Å²) in [5, 5.41) is 15.7. The van der Waals surface area contributed by atoms with Gasteiger partial charge in [-0.1, -0.05) is 32.0 Å². The summed E-state index contributed by atoms with van der Waals surface area (Å²) in [6.07, 6.45) is 0.132. The zero-order valence-corrected chi connectivity index (χ0v) is 12.6. The number of fused-ring (bicyclic) bond motifs is 1. The fraction of sp³-hybridized carbons (Fsp3) is 0.500. The van der Waals surface area contributed by atoms with Crippen LogP contribution in [0.25, 0.3) is 0 Å². The molecule has 1 aliphatic heterocycles. The molecule has 0 saturated heterocycles. The zero-order valence-electron chi connectivity index (χ0n) is 12.6. The Morgan fingerprint density at radius 3 is 2.81 bits per heavy atom. The maximum Gasteiger partial charge on any atom is 0.228 e. The predicted molar refractivity (Wildman–Crippen MR) is 80.9 cm³/mol. The van der Waals surface area contributed by atoms with E-state index >= 15 is 0 Å². The van der Waals surface area contributed by atoms with Crippen molar-refractivity contribution >= 4 is 17.5 Å². The minimum Gasteiger partial charge on any atom is -0.388 e. The van der Waals surface area contributed by atoms with Crippen LogP contribution >= 0.6 is 0 Å². The molecule has 5 nitrogen and oxygen atoms in total. The first-order chi connectivity index (χ1) is 9.81. The molecule has 0 aromatic heterocycles. The normalized spacial score (nSPS) is 20.4. The molecule has 0 radical (unpaired) electrons. The van der Waals surface area contributed by atoms with Crippen molar-refractivity contribution in [3.8, 4) is 0 Å². The largest absolute Gasteiger partial charge is 0.388 e. The van der Waals surface area contributed by atoms with Crippen molar-refractivity contribution in [3.05, 3.63) is 29.8 Å². The number of carbonyl (C=O) groups excluding carboxylic acids is 2. The predicted octanol–water partition coefficient (Wildman–Crippen LogP) is 1.64. The summed E-state index contributed by atoms with van der Waals surface area (Å²) in [7, 11) is 0. The maximum atomic E-state index is 12.4. The average molecular weight is 290 g/mol. The van der Waals surface area contributed by atoms with Crippen LogP contribution in [-0.4, -0.2) is 29.1 Å². The Hall–Kier alpha value is -1.88. The highest BCUT2D eigenvalue weighted by atomic mass is 16.3. The van der Waals surface area contributed by atoms with Crippen LogP contribution < -0.4 is 10.6 Å². The lowest BCUT2D eigenvalue weighted by atomic mass is 9.88. The standard InChI is InChI=1S/C16H22N2O3/c1-10(2)16(3,21)9-17-15(20)12-8-14(19)18-13-7-5-4-6-11(12)13/h4-7,10,12,21H,8-9H2,1-3H3,(H,17,20)(H,18,19). The molecule has 1 aromatic carbocycles. The van der Waals surface area contributed by atoms with Crippen LogP contribution in [0.5, 0.6) is 0 Å². The third-order valence-corrected chi connectivity index (χ3v) is 4.18. The van der Waals surface area contributed by atoms with Crippen molar-refractivity contribution in [3.63, 3.8) is 0 Å². The van der Waals surface area contributed by atoms with Crippen LogP contribution in [0.3, 0.4) is 0 Å². The van der Waals surface area contributed by atoms with Crippen molar-refractivity contribution in [1.29, 1.82) is 0 Å². The lowest BCUT2D eigenvalue weighted by Crippen LogP contribution is -2.46. The number of anilines is 1. The van der Waals surface area contributed by atoms with Gasteiger partial charge in [-0.05, 0) is 24.5 Å². The SMILES string of the molecule is CC(C)C(C)(O)CNC(=O)C1CC(=O)Nc2ccccc21. The molecule has 2 amide bonds. The number of nitrogens with one attached hydrogen (secondary N) is 2. The average Bonchev–Trinajstić information content (AvgIpc) is 2.43. The second-order valence-electron chi connectivity index (χ2n) is 6.12. The molecular formula is C16H22N2O3. The van der Waals surface area contributed by atoms with E-state index in [4.69, 9.17) is 0 Å². The molecule has 0 fully saturated rings. The Kier molecular flexibility index (Phi) is 4.32. The van der Waals surface area contributed by atoms with Gasteiger partial charge in [0.15, 0.2) is 0 Å². The molecule has 1 aromatic rings. The summed E-state index contributed by atoms with van der Waals surface area (Å²) in [5.74, 6) is -0.861. The van der Waals surface area contributed by atoms with Gasteiger partial charge in [0, 0.05) is 18.7 Å². The van der Waals surface area contributed by atoms with Crippen LogP contribution in [0.1, 0.15) is 38.7 Å². The third-order valence-electron chi connectivity index (χ3n) is 4.18.